The first-order valence-electron chi connectivity index (χ1n) is 15.6. The molecule has 6 rings (SSSR count). The first kappa shape index (κ1) is 32.3. The van der Waals surface area contributed by atoms with E-state index in [4.69, 9.17) is 21.1 Å². The largest absolute Gasteiger partial charge is 0.487 e. The van der Waals surface area contributed by atoms with Crippen molar-refractivity contribution < 1.29 is 23.8 Å². The van der Waals surface area contributed by atoms with Gasteiger partial charge in [0, 0.05) is 48.2 Å². The molecule has 0 amide bonds. The minimum atomic E-state index is -0.544. The maximum atomic E-state index is 13.5. The molecule has 0 spiro atoms. The zero-order valence-corrected chi connectivity index (χ0v) is 26.7. The lowest BCUT2D eigenvalue weighted by molar-refractivity contribution is -0.149. The fraction of sp³-hybridized carbons (Fsp3) is 0.306. The lowest BCUT2D eigenvalue weighted by Crippen LogP contribution is -2.41. The van der Waals surface area contributed by atoms with Gasteiger partial charge >= 0.3 is 5.97 Å². The number of esters is 1. The van der Waals surface area contributed by atoms with Crippen LogP contribution in [0.4, 0.5) is 15.9 Å². The molecule has 3 aromatic carbocycles. The molecule has 5 aromatic rings. The van der Waals surface area contributed by atoms with Crippen molar-refractivity contribution in [3.05, 3.63) is 102 Å². The van der Waals surface area contributed by atoms with Crippen molar-refractivity contribution in [1.82, 2.24) is 19.4 Å². The van der Waals surface area contributed by atoms with Gasteiger partial charge < -0.3 is 29.4 Å². The van der Waals surface area contributed by atoms with Crippen molar-refractivity contribution in [3.63, 3.8) is 0 Å². The number of piperidine rings is 1. The van der Waals surface area contributed by atoms with E-state index in [9.17, 15) is 14.3 Å². The molecular weight excluding hydrogens is 621 g/mol. The Morgan fingerprint density at radius 1 is 1.13 bits per heavy atom. The number of ether oxygens (including phenoxy) is 2. The number of hydrogen-bond acceptors (Lipinski definition) is 8. The Morgan fingerprint density at radius 2 is 1.98 bits per heavy atom. The zero-order valence-electron chi connectivity index (χ0n) is 26.0. The number of aliphatic hydroxyl groups excluding tert-OH is 1. The number of hydrogen-bond donors (Lipinski definition) is 2. The topological polar surface area (TPSA) is 102 Å². The molecule has 0 radical (unpaired) electrons. The molecule has 1 aliphatic heterocycles. The number of aromatic nitrogens is 3. The van der Waals surface area contributed by atoms with Gasteiger partial charge in [-0.15, -0.1) is 0 Å². The summed E-state index contributed by atoms with van der Waals surface area (Å²) in [5.41, 5.74) is 4.01. The van der Waals surface area contributed by atoms with Gasteiger partial charge in [-0.05, 0) is 86.4 Å². The lowest BCUT2D eigenvalue weighted by Gasteiger charge is -2.32. The number of benzene rings is 2. The summed E-state index contributed by atoms with van der Waals surface area (Å²) in [5.74, 6) is 0.513. The molecule has 0 saturated carbocycles. The SMILES string of the molecule is CCOC(=O)C1CCN(CC(O)Cn2ccc(-c3ccc4ncnc(Nc5ccc(OCc6c#ccc(F)c6)c(Cl)c5)c4c3)c2)CC1. The second-order valence-electron chi connectivity index (χ2n) is 11.6. The monoisotopic (exact) mass is 655 g/mol. The molecule has 1 unspecified atom stereocenters. The Labute approximate surface area is 277 Å². The van der Waals surface area contributed by atoms with E-state index >= 15 is 0 Å². The van der Waals surface area contributed by atoms with Gasteiger partial charge in [0.2, 0.25) is 0 Å². The Kier molecular flexibility index (Phi) is 10.2. The molecular formula is C36H35ClFN5O4. The van der Waals surface area contributed by atoms with Gasteiger partial charge in [0.25, 0.3) is 0 Å². The van der Waals surface area contributed by atoms with Crippen molar-refractivity contribution in [2.75, 3.05) is 31.6 Å². The average molecular weight is 656 g/mol. The number of aliphatic hydroxyl groups is 1. The number of fused-ring (bicyclic) bond motifs is 1. The minimum absolute atomic E-state index is 0.0475. The number of β-amino-alcohol motifs (C(OH)–C–C–N with tert-alkyl or cyclic N) is 1. The number of nitrogens with one attached hydrogen (secondary N) is 1. The third-order valence-electron chi connectivity index (χ3n) is 8.15. The standard InChI is InChI=1S/C36H35ClFN5O4/c1-2-46-36(45)25-10-13-42(14-11-25)20-30(44)21-43-15-12-27(19-43)26-6-8-33-31(17-26)35(40-23-39-33)41-29-7-9-34(32(37)18-29)47-22-24-4-3-5-28(38)16-24/h5-9,12,15-19,23,25,30,44H,2,10-11,13-14,20-22H2,1H3,(H,39,40,41). The molecule has 0 bridgehead atoms. The molecule has 1 atom stereocenters. The highest BCUT2D eigenvalue weighted by atomic mass is 35.5. The van der Waals surface area contributed by atoms with Crippen molar-refractivity contribution in [2.24, 2.45) is 5.92 Å². The predicted molar refractivity (Wildman–Crippen MR) is 178 cm³/mol. The summed E-state index contributed by atoms with van der Waals surface area (Å²) in [6, 6.07) is 21.3. The Bertz CT molecular complexity index is 1840. The third kappa shape index (κ3) is 8.19. The third-order valence-corrected chi connectivity index (χ3v) is 8.45. The second kappa shape index (κ2) is 14.8. The van der Waals surface area contributed by atoms with Gasteiger partial charge in [-0.3, -0.25) is 4.79 Å². The maximum Gasteiger partial charge on any atom is 0.309 e. The number of carbonyl (C=O) groups excluding carboxylic acids is 1. The van der Waals surface area contributed by atoms with Gasteiger partial charge in [-0.25, -0.2) is 14.4 Å². The number of likely N-dealkylation sites (tertiary alicyclic amines) is 1. The second-order valence-corrected chi connectivity index (χ2v) is 12.0. The predicted octanol–water partition coefficient (Wildman–Crippen LogP) is 6.45. The first-order valence-corrected chi connectivity index (χ1v) is 16.0. The smallest absolute Gasteiger partial charge is 0.309 e. The molecule has 242 valence electrons. The van der Waals surface area contributed by atoms with Crippen molar-refractivity contribution >= 4 is 40.0 Å². The summed E-state index contributed by atoms with van der Waals surface area (Å²) in [6.45, 7) is 4.89. The molecule has 0 aliphatic carbocycles. The molecule has 11 heteroatoms. The van der Waals surface area contributed by atoms with Crippen LogP contribution in [-0.4, -0.2) is 62.9 Å². The summed E-state index contributed by atoms with van der Waals surface area (Å²) in [5, 5.41) is 15.4. The molecule has 1 fully saturated rings. The Hall–Kier alpha value is -4.69. The number of rotatable bonds is 12. The average Bonchev–Trinajstić information content (AvgIpc) is 3.53. The van der Waals surface area contributed by atoms with Crippen molar-refractivity contribution in [2.45, 2.75) is 39.0 Å². The van der Waals surface area contributed by atoms with Crippen LogP contribution in [0.5, 0.6) is 5.75 Å². The van der Waals surface area contributed by atoms with Crippen LogP contribution in [-0.2, 0) is 22.7 Å². The highest BCUT2D eigenvalue weighted by Crippen LogP contribution is 2.32. The Morgan fingerprint density at radius 3 is 2.77 bits per heavy atom. The summed E-state index contributed by atoms with van der Waals surface area (Å²) < 4.78 is 26.4. The van der Waals surface area contributed by atoms with E-state index < -0.39 is 11.9 Å². The Balaban J connectivity index is 1.08. The highest BCUT2D eigenvalue weighted by molar-refractivity contribution is 6.32. The van der Waals surface area contributed by atoms with E-state index in [2.05, 4.69) is 32.3 Å². The van der Waals surface area contributed by atoms with Crippen LogP contribution in [0.2, 0.25) is 5.02 Å². The van der Waals surface area contributed by atoms with Gasteiger partial charge in [0.05, 0.1) is 29.2 Å². The van der Waals surface area contributed by atoms with E-state index in [1.165, 1.54) is 18.5 Å². The molecule has 1 aliphatic rings. The number of halogens is 2. The molecule has 9 nitrogen and oxygen atoms in total. The molecule has 2 aromatic heterocycles. The maximum absolute atomic E-state index is 13.5. The van der Waals surface area contributed by atoms with Gasteiger partial charge in [0.15, 0.2) is 0 Å². The van der Waals surface area contributed by atoms with Crippen LogP contribution < -0.4 is 10.1 Å². The molecule has 3 heterocycles. The van der Waals surface area contributed by atoms with Crippen LogP contribution in [0.15, 0.2) is 73.3 Å². The van der Waals surface area contributed by atoms with E-state index in [1.54, 1.807) is 12.1 Å². The number of nitrogens with zero attached hydrogens (tertiary/aromatic N) is 4. The number of anilines is 2. The highest BCUT2D eigenvalue weighted by Gasteiger charge is 2.27. The zero-order chi connectivity index (χ0) is 32.8. The fourth-order valence-corrected chi connectivity index (χ4v) is 6.01. The van der Waals surface area contributed by atoms with E-state index in [-0.39, 0.29) is 18.5 Å². The molecule has 47 heavy (non-hydrogen) atoms. The molecule has 1 saturated heterocycles. The molecule has 2 N–H and O–H groups in total. The van der Waals surface area contributed by atoms with Gasteiger partial charge in [-0.1, -0.05) is 29.8 Å². The van der Waals surface area contributed by atoms with Crippen LogP contribution in [0.3, 0.4) is 0 Å². The van der Waals surface area contributed by atoms with Crippen molar-refractivity contribution in [3.8, 4) is 16.9 Å². The van der Waals surface area contributed by atoms with Crippen LogP contribution in [0, 0.1) is 23.9 Å². The fourth-order valence-electron chi connectivity index (χ4n) is 5.78. The number of carbonyl (C=O) groups is 1. The van der Waals surface area contributed by atoms with Crippen molar-refractivity contribution in [1.29, 1.82) is 0 Å². The summed E-state index contributed by atoms with van der Waals surface area (Å²) in [7, 11) is 0. The van der Waals surface area contributed by atoms with E-state index in [0.29, 0.717) is 47.5 Å². The lowest BCUT2D eigenvalue weighted by atomic mass is 9.97. The van der Waals surface area contributed by atoms with Gasteiger partial charge in [-0.2, -0.15) is 0 Å². The quantitative estimate of drug-likeness (QED) is 0.148. The van der Waals surface area contributed by atoms with Crippen LogP contribution >= 0.6 is 11.6 Å². The first-order chi connectivity index (χ1) is 22.8. The summed E-state index contributed by atoms with van der Waals surface area (Å²) in [4.78, 5) is 23.2. The summed E-state index contributed by atoms with van der Waals surface area (Å²) in [6.07, 6.45) is 6.46. The van der Waals surface area contributed by atoms with Crippen LogP contribution in [0.1, 0.15) is 25.3 Å². The normalized spacial score (nSPS) is 14.5. The minimum Gasteiger partial charge on any atom is -0.487 e. The summed E-state index contributed by atoms with van der Waals surface area (Å²) >= 11 is 6.51. The van der Waals surface area contributed by atoms with Crippen LogP contribution in [0.25, 0.3) is 22.0 Å². The van der Waals surface area contributed by atoms with E-state index in [1.807, 2.05) is 54.2 Å². The van der Waals surface area contributed by atoms with E-state index in [0.717, 1.165) is 48.0 Å². The van der Waals surface area contributed by atoms with Gasteiger partial charge in [0.1, 0.15) is 30.3 Å².